The smallest absolute Gasteiger partial charge is 0.143 e. The molecule has 0 bridgehead atoms. The Balaban J connectivity index is 2.23. The quantitative estimate of drug-likeness (QED) is 0.820. The molecule has 0 aliphatic heterocycles. The highest BCUT2D eigenvalue weighted by atomic mass is 79.9. The number of aliphatic hydroxyl groups excluding tert-OH is 1. The first-order chi connectivity index (χ1) is 8.09. The van der Waals surface area contributed by atoms with E-state index in [0.717, 1.165) is 9.35 Å². The zero-order chi connectivity index (χ0) is 12.4. The second-order valence-corrected chi connectivity index (χ2v) is 6.26. The van der Waals surface area contributed by atoms with E-state index in [1.165, 1.54) is 0 Å². The number of halogens is 3. The Bertz CT molecular complexity index is 527. The molecule has 1 aromatic heterocycles. The van der Waals surface area contributed by atoms with Crippen LogP contribution >= 0.6 is 43.2 Å². The van der Waals surface area contributed by atoms with E-state index in [4.69, 9.17) is 0 Å². The summed E-state index contributed by atoms with van der Waals surface area (Å²) in [5.74, 6) is -0.396. The lowest BCUT2D eigenvalue weighted by Crippen LogP contribution is -2.04. The monoisotopic (exact) mass is 378 g/mol. The zero-order valence-corrected chi connectivity index (χ0v) is 12.6. The van der Waals surface area contributed by atoms with Crippen molar-refractivity contribution >= 4 is 43.2 Å². The molecule has 1 atom stereocenters. The molecule has 17 heavy (non-hydrogen) atoms. The van der Waals surface area contributed by atoms with Crippen LogP contribution in [0.5, 0.6) is 0 Å². The first kappa shape index (κ1) is 13.2. The van der Waals surface area contributed by atoms with Crippen LogP contribution in [0.25, 0.3) is 0 Å². The van der Waals surface area contributed by atoms with Gasteiger partial charge in [0.2, 0.25) is 0 Å². The van der Waals surface area contributed by atoms with Crippen LogP contribution in [0.15, 0.2) is 38.6 Å². The topological polar surface area (TPSA) is 20.2 Å². The van der Waals surface area contributed by atoms with E-state index in [1.807, 2.05) is 11.4 Å². The van der Waals surface area contributed by atoms with Crippen molar-refractivity contribution in [3.63, 3.8) is 0 Å². The van der Waals surface area contributed by atoms with Crippen molar-refractivity contribution < 1.29 is 9.50 Å². The lowest BCUT2D eigenvalue weighted by atomic mass is 10.1. The van der Waals surface area contributed by atoms with Gasteiger partial charge in [0.25, 0.3) is 0 Å². The lowest BCUT2D eigenvalue weighted by Gasteiger charge is -2.12. The maximum Gasteiger partial charge on any atom is 0.143 e. The third-order valence-electron chi connectivity index (χ3n) is 2.41. The fourth-order valence-corrected chi connectivity index (χ4v) is 3.47. The second kappa shape index (κ2) is 5.61. The van der Waals surface area contributed by atoms with E-state index < -0.39 is 11.9 Å². The van der Waals surface area contributed by atoms with Gasteiger partial charge in [0.05, 0.1) is 10.6 Å². The van der Waals surface area contributed by atoms with Gasteiger partial charge in [-0.2, -0.15) is 0 Å². The van der Waals surface area contributed by atoms with Crippen molar-refractivity contribution in [3.05, 3.63) is 54.8 Å². The summed E-state index contributed by atoms with van der Waals surface area (Å²) in [6, 6.07) is 6.86. The van der Waals surface area contributed by atoms with Gasteiger partial charge >= 0.3 is 0 Å². The number of hydrogen-bond acceptors (Lipinski definition) is 2. The summed E-state index contributed by atoms with van der Waals surface area (Å²) in [5.41, 5.74) is 0.319. The highest BCUT2D eigenvalue weighted by Gasteiger charge is 2.16. The standard InChI is InChI=1S/C12H9Br2FOS/c13-8-4-5-17-11(8)6-10(16)7-2-1-3-9(14)12(7)15/h1-5,10,16H,6H2. The van der Waals surface area contributed by atoms with Crippen LogP contribution in [0.1, 0.15) is 16.5 Å². The summed E-state index contributed by atoms with van der Waals surface area (Å²) in [6.45, 7) is 0. The molecule has 2 rings (SSSR count). The van der Waals surface area contributed by atoms with Gasteiger partial charge in [-0.3, -0.25) is 0 Å². The number of thiophene rings is 1. The highest BCUT2D eigenvalue weighted by Crippen LogP contribution is 2.30. The third kappa shape index (κ3) is 2.96. The van der Waals surface area contributed by atoms with Gasteiger partial charge < -0.3 is 5.11 Å². The normalized spacial score (nSPS) is 12.7. The molecule has 1 nitrogen and oxygen atoms in total. The Morgan fingerprint density at radius 3 is 2.65 bits per heavy atom. The number of rotatable bonds is 3. The van der Waals surface area contributed by atoms with Gasteiger partial charge in [-0.25, -0.2) is 4.39 Å². The fraction of sp³-hybridized carbons (Fsp3) is 0.167. The summed E-state index contributed by atoms with van der Waals surface area (Å²) in [4.78, 5) is 1.01. The van der Waals surface area contributed by atoms with Gasteiger partial charge in [0.1, 0.15) is 5.82 Å². The molecule has 2 aromatic rings. The Hall–Kier alpha value is -0.230. The molecule has 0 aliphatic carbocycles. The molecule has 1 unspecified atom stereocenters. The molecule has 1 N–H and O–H groups in total. The van der Waals surface area contributed by atoms with Gasteiger partial charge in [-0.15, -0.1) is 11.3 Å². The Morgan fingerprint density at radius 1 is 1.24 bits per heavy atom. The largest absolute Gasteiger partial charge is 0.388 e. The first-order valence-electron chi connectivity index (χ1n) is 4.93. The minimum Gasteiger partial charge on any atom is -0.388 e. The average molecular weight is 380 g/mol. The second-order valence-electron chi connectivity index (χ2n) is 3.55. The highest BCUT2D eigenvalue weighted by molar-refractivity contribution is 9.10. The molecule has 1 aromatic carbocycles. The molecule has 0 saturated carbocycles. The molecule has 0 saturated heterocycles. The SMILES string of the molecule is OC(Cc1sccc1Br)c1cccc(Br)c1F. The summed E-state index contributed by atoms with van der Waals surface area (Å²) in [5, 5.41) is 12.0. The Morgan fingerprint density at radius 2 is 2.00 bits per heavy atom. The number of aliphatic hydroxyl groups is 1. The molecule has 0 radical (unpaired) electrons. The van der Waals surface area contributed by atoms with E-state index in [1.54, 1.807) is 29.5 Å². The van der Waals surface area contributed by atoms with Crippen LogP contribution < -0.4 is 0 Å². The van der Waals surface area contributed by atoms with Crippen molar-refractivity contribution in [1.82, 2.24) is 0 Å². The van der Waals surface area contributed by atoms with Gasteiger partial charge in [-0.1, -0.05) is 12.1 Å². The van der Waals surface area contributed by atoms with Crippen molar-refractivity contribution in [1.29, 1.82) is 0 Å². The molecule has 5 heteroatoms. The van der Waals surface area contributed by atoms with E-state index in [2.05, 4.69) is 31.9 Å². The maximum absolute atomic E-state index is 13.8. The summed E-state index contributed by atoms with van der Waals surface area (Å²) >= 11 is 8.05. The summed E-state index contributed by atoms with van der Waals surface area (Å²) in [6.07, 6.45) is -0.423. The van der Waals surface area contributed by atoms with Crippen LogP contribution in [-0.2, 0) is 6.42 Å². The van der Waals surface area contributed by atoms with Gasteiger partial charge in [-0.05, 0) is 49.4 Å². The van der Waals surface area contributed by atoms with E-state index >= 15 is 0 Å². The van der Waals surface area contributed by atoms with Crippen LogP contribution in [0.4, 0.5) is 4.39 Å². The van der Waals surface area contributed by atoms with E-state index in [-0.39, 0.29) is 0 Å². The lowest BCUT2D eigenvalue weighted by molar-refractivity contribution is 0.174. The van der Waals surface area contributed by atoms with Crippen molar-refractivity contribution in [2.24, 2.45) is 0 Å². The molecule has 0 fully saturated rings. The third-order valence-corrected chi connectivity index (χ3v) is 4.97. The zero-order valence-electron chi connectivity index (χ0n) is 8.66. The summed E-state index contributed by atoms with van der Waals surface area (Å²) < 4.78 is 15.1. The van der Waals surface area contributed by atoms with Crippen LogP contribution in [0, 0.1) is 5.82 Å². The van der Waals surface area contributed by atoms with Crippen LogP contribution in [0.3, 0.4) is 0 Å². The van der Waals surface area contributed by atoms with Crippen molar-refractivity contribution in [3.8, 4) is 0 Å². The Kier molecular flexibility index (Phi) is 4.36. The molecule has 0 aliphatic rings. The molecule has 90 valence electrons. The van der Waals surface area contributed by atoms with Crippen LogP contribution in [-0.4, -0.2) is 5.11 Å². The predicted molar refractivity (Wildman–Crippen MR) is 74.8 cm³/mol. The van der Waals surface area contributed by atoms with Gasteiger partial charge in [0, 0.05) is 21.3 Å². The Labute approximate surface area is 120 Å². The van der Waals surface area contributed by atoms with Crippen LogP contribution in [0.2, 0.25) is 0 Å². The summed E-state index contributed by atoms with van der Waals surface area (Å²) in [7, 11) is 0. The molecular weight excluding hydrogens is 371 g/mol. The molecule has 0 amide bonds. The maximum atomic E-state index is 13.8. The fourth-order valence-electron chi connectivity index (χ4n) is 1.53. The van der Waals surface area contributed by atoms with Crippen molar-refractivity contribution in [2.45, 2.75) is 12.5 Å². The first-order valence-corrected chi connectivity index (χ1v) is 7.40. The van der Waals surface area contributed by atoms with Crippen molar-refractivity contribution in [2.75, 3.05) is 0 Å². The average Bonchev–Trinajstić information content (AvgIpc) is 2.68. The minimum atomic E-state index is -0.831. The molecular formula is C12H9Br2FOS. The van der Waals surface area contributed by atoms with E-state index in [9.17, 15) is 9.50 Å². The minimum absolute atomic E-state index is 0.319. The van der Waals surface area contributed by atoms with Gasteiger partial charge in [0.15, 0.2) is 0 Å². The number of benzene rings is 1. The number of hydrogen-bond donors (Lipinski definition) is 1. The predicted octanol–water partition coefficient (Wildman–Crippen LogP) is 4.69. The molecule has 0 spiro atoms. The molecule has 1 heterocycles. The van der Waals surface area contributed by atoms with E-state index in [0.29, 0.717) is 16.5 Å².